The minimum Gasteiger partial charge on any atom is -0.497 e. The van der Waals surface area contributed by atoms with E-state index < -0.39 is 0 Å². The summed E-state index contributed by atoms with van der Waals surface area (Å²) in [5.74, 6) is 8.53. The maximum Gasteiger partial charge on any atom is 0.119 e. The number of aryl methyl sites for hydroxylation is 8. The Bertz CT molecular complexity index is 3770. The van der Waals surface area contributed by atoms with Gasteiger partial charge in [0.2, 0.25) is 0 Å². The van der Waals surface area contributed by atoms with Gasteiger partial charge >= 0.3 is 0 Å². The fraction of sp³-hybridized carbons (Fsp3) is 0.154. The molecular weight excluding hydrogens is 1000 g/mol. The number of fused-ring (bicyclic) bond motifs is 1. The first kappa shape index (κ1) is 57.0. The van der Waals surface area contributed by atoms with E-state index in [-0.39, 0.29) is 0 Å². The van der Waals surface area contributed by atoms with Crippen LogP contribution in [-0.4, -0.2) is 28.4 Å². The van der Waals surface area contributed by atoms with Crippen molar-refractivity contribution in [1.82, 2.24) is 0 Å². The number of ether oxygens (including phenoxy) is 4. The van der Waals surface area contributed by atoms with Crippen molar-refractivity contribution in [2.45, 2.75) is 55.4 Å². The molecule has 82 heavy (non-hydrogen) atoms. The lowest BCUT2D eigenvalue weighted by Crippen LogP contribution is -2.00. The quantitative estimate of drug-likeness (QED) is 0.112. The minimum absolute atomic E-state index is 0.869. The topological polar surface area (TPSA) is 36.9 Å². The van der Waals surface area contributed by atoms with Crippen LogP contribution in [0, 0.1) is 80.1 Å². The molecule has 0 unspecified atom stereocenters. The summed E-state index contributed by atoms with van der Waals surface area (Å²) < 4.78 is 23.0. The van der Waals surface area contributed by atoms with Gasteiger partial charge < -0.3 is 18.9 Å². The third-order valence-corrected chi connectivity index (χ3v) is 15.5. The van der Waals surface area contributed by atoms with Crippen LogP contribution in [0.5, 0.6) is 23.0 Å². The van der Waals surface area contributed by atoms with Crippen molar-refractivity contribution in [3.63, 3.8) is 0 Å². The lowest BCUT2D eigenvalue weighted by molar-refractivity contribution is 0.414. The molecule has 0 saturated carbocycles. The third kappa shape index (κ3) is 11.6. The maximum atomic E-state index is 5.74. The Hall–Kier alpha value is -9.74. The molecule has 0 aliphatic carbocycles. The van der Waals surface area contributed by atoms with E-state index in [0.717, 1.165) is 34.1 Å². The standard InChI is InChI=1S/C52H50O4.C10H8.2C8H6/c1-27-17-35(53-9)18-28(2)47(27)43-25-44(48-29(3)19-36(54-10)20-30(48)4)40-15-16-42-46(50-33(7)23-38(56-12)24-34(50)8)26-45(41-14-13-39(43)51(40)52(41)42)49-31(5)21-37(55-11)22-32(49)6;1-2-6-10-8-4-3-7-9(10)5-1;2*1-2-8-6-4-3-5-7-8/h13-26H,1-12H3;1-8H;2*1,3-7H. The molecule has 406 valence electrons. The maximum absolute atomic E-state index is 5.74. The molecule has 0 fully saturated rings. The third-order valence-electron chi connectivity index (χ3n) is 15.5. The zero-order chi connectivity index (χ0) is 58.2. The van der Waals surface area contributed by atoms with Crippen molar-refractivity contribution in [1.29, 1.82) is 0 Å². The van der Waals surface area contributed by atoms with Gasteiger partial charge in [-0.05, 0) is 272 Å². The van der Waals surface area contributed by atoms with Gasteiger partial charge in [-0.2, -0.15) is 0 Å². The smallest absolute Gasteiger partial charge is 0.119 e. The number of terminal acetylenes is 2. The first-order chi connectivity index (χ1) is 39.7. The SMILES string of the molecule is C#Cc1ccccc1.C#Cc1ccccc1.COc1cc(C)c(-c2cc(-c3c(C)cc(OC)cc3C)c3ccc4c(-c5c(C)cc(OC)cc5C)cc(-c5c(C)cc(OC)cc5C)c5ccc2c3c54)c(C)c1.c1ccc2ccccc2c1. The zero-order valence-corrected chi connectivity index (χ0v) is 49.3. The molecule has 0 aromatic heterocycles. The first-order valence-electron chi connectivity index (χ1n) is 27.6. The second-order valence-corrected chi connectivity index (χ2v) is 20.9. The molecule has 0 radical (unpaired) electrons. The van der Waals surface area contributed by atoms with Gasteiger partial charge in [-0.1, -0.05) is 121 Å². The summed E-state index contributed by atoms with van der Waals surface area (Å²) in [4.78, 5) is 0. The summed E-state index contributed by atoms with van der Waals surface area (Å²) in [5.41, 5.74) is 21.1. The average Bonchev–Trinajstić information content (AvgIpc) is 3.68. The van der Waals surface area contributed by atoms with Crippen molar-refractivity contribution in [2.24, 2.45) is 0 Å². The Labute approximate surface area is 485 Å². The fourth-order valence-corrected chi connectivity index (χ4v) is 11.9. The summed E-state index contributed by atoms with van der Waals surface area (Å²) in [6.07, 6.45) is 10.2. The number of rotatable bonds is 8. The van der Waals surface area contributed by atoms with Crippen LogP contribution in [0.2, 0.25) is 0 Å². The van der Waals surface area contributed by atoms with Crippen LogP contribution in [0.4, 0.5) is 0 Å². The second-order valence-electron chi connectivity index (χ2n) is 20.9. The zero-order valence-electron chi connectivity index (χ0n) is 49.3. The van der Waals surface area contributed by atoms with Crippen LogP contribution in [0.3, 0.4) is 0 Å². The van der Waals surface area contributed by atoms with Crippen LogP contribution in [0.25, 0.3) is 87.6 Å². The van der Waals surface area contributed by atoms with E-state index >= 15 is 0 Å². The summed E-state index contributed by atoms with van der Waals surface area (Å²) in [5, 5.41) is 10.1. The van der Waals surface area contributed by atoms with Gasteiger partial charge in [0.1, 0.15) is 23.0 Å². The van der Waals surface area contributed by atoms with Crippen molar-refractivity contribution in [2.75, 3.05) is 28.4 Å². The molecule has 12 aromatic carbocycles. The normalized spacial score (nSPS) is 10.7. The van der Waals surface area contributed by atoms with Gasteiger partial charge in [-0.3, -0.25) is 0 Å². The highest BCUT2D eigenvalue weighted by Crippen LogP contribution is 2.52. The highest BCUT2D eigenvalue weighted by atomic mass is 16.5. The molecule has 0 heterocycles. The highest BCUT2D eigenvalue weighted by Gasteiger charge is 2.25. The molecular formula is C78H70O4. The first-order valence-corrected chi connectivity index (χ1v) is 27.6. The molecule has 0 spiro atoms. The summed E-state index contributed by atoms with van der Waals surface area (Å²) in [7, 11) is 6.96. The van der Waals surface area contributed by atoms with Crippen LogP contribution >= 0.6 is 0 Å². The van der Waals surface area contributed by atoms with E-state index in [2.05, 4.69) is 201 Å². The lowest BCUT2D eigenvalue weighted by atomic mass is 9.79. The van der Waals surface area contributed by atoms with Crippen LogP contribution in [0.15, 0.2) is 194 Å². The molecule has 0 aliphatic heterocycles. The Balaban J connectivity index is 0.000000251. The minimum atomic E-state index is 0.869. The molecule has 0 aliphatic rings. The Morgan fingerprint density at radius 2 is 0.476 bits per heavy atom. The van der Waals surface area contributed by atoms with Gasteiger partial charge in [0, 0.05) is 11.1 Å². The molecule has 0 bridgehead atoms. The van der Waals surface area contributed by atoms with E-state index in [1.165, 1.54) is 132 Å². The van der Waals surface area contributed by atoms with E-state index in [9.17, 15) is 0 Å². The van der Waals surface area contributed by atoms with Crippen LogP contribution < -0.4 is 18.9 Å². The highest BCUT2D eigenvalue weighted by molar-refractivity contribution is 6.32. The van der Waals surface area contributed by atoms with Gasteiger partial charge in [-0.25, -0.2) is 0 Å². The number of hydrogen-bond acceptors (Lipinski definition) is 4. The van der Waals surface area contributed by atoms with Crippen LogP contribution in [0.1, 0.15) is 55.6 Å². The predicted octanol–water partition coefficient (Wildman–Crippen LogP) is 19.9. The second kappa shape index (κ2) is 25.2. The summed E-state index contributed by atoms with van der Waals surface area (Å²) in [6.45, 7) is 17.6. The Morgan fingerprint density at radius 3 is 0.659 bits per heavy atom. The molecule has 0 amide bonds. The van der Waals surface area contributed by atoms with Crippen molar-refractivity contribution < 1.29 is 18.9 Å². The van der Waals surface area contributed by atoms with Gasteiger partial charge in [-0.15, -0.1) is 12.8 Å². The fourth-order valence-electron chi connectivity index (χ4n) is 11.9. The molecule has 0 N–H and O–H groups in total. The average molecular weight is 1070 g/mol. The van der Waals surface area contributed by atoms with Gasteiger partial charge in [0.05, 0.1) is 28.4 Å². The molecule has 4 nitrogen and oxygen atoms in total. The molecule has 0 atom stereocenters. The van der Waals surface area contributed by atoms with Crippen LogP contribution in [-0.2, 0) is 0 Å². The van der Waals surface area contributed by atoms with E-state index in [1.807, 2.05) is 60.7 Å². The van der Waals surface area contributed by atoms with Gasteiger partial charge in [0.25, 0.3) is 0 Å². The summed E-state index contributed by atoms with van der Waals surface area (Å²) in [6, 6.07) is 67.5. The van der Waals surface area contributed by atoms with Crippen molar-refractivity contribution in [3.05, 3.63) is 250 Å². The number of hydrogen-bond donors (Lipinski definition) is 0. The van der Waals surface area contributed by atoms with Crippen molar-refractivity contribution >= 4 is 43.1 Å². The predicted molar refractivity (Wildman–Crippen MR) is 349 cm³/mol. The molecule has 12 aromatic rings. The Morgan fingerprint density at radius 1 is 0.268 bits per heavy atom. The number of benzene rings is 12. The molecule has 12 rings (SSSR count). The van der Waals surface area contributed by atoms with E-state index in [4.69, 9.17) is 31.8 Å². The molecule has 4 heteroatoms. The van der Waals surface area contributed by atoms with E-state index in [1.54, 1.807) is 28.4 Å². The van der Waals surface area contributed by atoms with Crippen molar-refractivity contribution in [3.8, 4) is 92.2 Å². The monoisotopic (exact) mass is 1070 g/mol. The lowest BCUT2D eigenvalue weighted by Gasteiger charge is -2.25. The summed E-state index contributed by atoms with van der Waals surface area (Å²) >= 11 is 0. The van der Waals surface area contributed by atoms with Gasteiger partial charge in [0.15, 0.2) is 0 Å². The Kier molecular flexibility index (Phi) is 17.5. The van der Waals surface area contributed by atoms with E-state index in [0.29, 0.717) is 0 Å². The molecule has 0 saturated heterocycles. The largest absolute Gasteiger partial charge is 0.497 e. The number of methoxy groups -OCH3 is 4.